The molecule has 9 heteroatoms. The molecule has 2 aliphatic carbocycles. The summed E-state index contributed by atoms with van der Waals surface area (Å²) in [6.45, 7) is 6.82. The summed E-state index contributed by atoms with van der Waals surface area (Å²) >= 11 is 0. The molecule has 1 aromatic rings. The lowest BCUT2D eigenvalue weighted by Gasteiger charge is -2.58. The van der Waals surface area contributed by atoms with Crippen molar-refractivity contribution in [1.82, 2.24) is 9.80 Å². The van der Waals surface area contributed by atoms with Crippen molar-refractivity contribution < 1.29 is 33.4 Å². The van der Waals surface area contributed by atoms with E-state index in [1.165, 1.54) is 0 Å². The van der Waals surface area contributed by atoms with Crippen molar-refractivity contribution in [2.45, 2.75) is 70.6 Å². The maximum atomic E-state index is 13.0. The first-order chi connectivity index (χ1) is 15.9. The number of likely N-dealkylation sites (tertiary alicyclic amines) is 1. The Morgan fingerprint density at radius 2 is 1.71 bits per heavy atom. The third kappa shape index (κ3) is 3.86. The maximum Gasteiger partial charge on any atom is 0.410 e. The fourth-order valence-corrected chi connectivity index (χ4v) is 5.39. The molecule has 1 aromatic carbocycles. The fraction of sp³-hybridized carbons (Fsp3) is 0.560. The van der Waals surface area contributed by atoms with Gasteiger partial charge in [0.15, 0.2) is 5.78 Å². The summed E-state index contributed by atoms with van der Waals surface area (Å²) in [5.41, 5.74) is 0.00846. The molecule has 1 atom stereocenters. The standard InChI is InChI=1S/C25H28N2O7/c1-24(2,3)34-23(32)26-12-25(13-26)10-16(11-25)33-15-5-6-17-18(9-15)22(31)27(21(17)30)19-7-4-14(28)8-20(19)29/h5-6,9,16,19H,4,7-8,10-13H2,1-3H3. The number of amides is 3. The maximum absolute atomic E-state index is 13.0. The van der Waals surface area contributed by atoms with Gasteiger partial charge < -0.3 is 14.4 Å². The topological polar surface area (TPSA) is 110 Å². The van der Waals surface area contributed by atoms with Crippen LogP contribution in [0.15, 0.2) is 18.2 Å². The van der Waals surface area contributed by atoms with Crippen LogP contribution in [-0.4, -0.2) is 70.1 Å². The highest BCUT2D eigenvalue weighted by atomic mass is 16.6. The van der Waals surface area contributed by atoms with E-state index in [9.17, 15) is 24.0 Å². The average Bonchev–Trinajstić information content (AvgIpc) is 2.92. The summed E-state index contributed by atoms with van der Waals surface area (Å²) in [5.74, 6) is -1.07. The van der Waals surface area contributed by atoms with Crippen molar-refractivity contribution >= 4 is 29.5 Å². The summed E-state index contributed by atoms with van der Waals surface area (Å²) in [6, 6.07) is 3.91. The Bertz CT molecular complexity index is 1100. The fourth-order valence-electron chi connectivity index (χ4n) is 5.39. The number of carbonyl (C=O) groups is 5. The third-order valence-corrected chi connectivity index (χ3v) is 6.97. The molecule has 3 amide bonds. The predicted octanol–water partition coefficient (Wildman–Crippen LogP) is 2.75. The van der Waals surface area contributed by atoms with E-state index in [0.29, 0.717) is 18.8 Å². The molecule has 0 bridgehead atoms. The van der Waals surface area contributed by atoms with Gasteiger partial charge in [-0.25, -0.2) is 4.79 Å². The van der Waals surface area contributed by atoms with E-state index in [2.05, 4.69) is 0 Å². The molecule has 2 heterocycles. The highest BCUT2D eigenvalue weighted by Crippen LogP contribution is 2.50. The minimum atomic E-state index is -0.882. The van der Waals surface area contributed by atoms with E-state index in [4.69, 9.17) is 9.47 Å². The van der Waals surface area contributed by atoms with E-state index in [1.807, 2.05) is 20.8 Å². The Morgan fingerprint density at radius 1 is 1.03 bits per heavy atom. The number of carbonyl (C=O) groups excluding carboxylic acids is 5. The van der Waals surface area contributed by atoms with Gasteiger partial charge in [0.2, 0.25) is 0 Å². The molecule has 9 nitrogen and oxygen atoms in total. The van der Waals surface area contributed by atoms with Crippen LogP contribution in [0.4, 0.5) is 4.79 Å². The van der Waals surface area contributed by atoms with Crippen molar-refractivity contribution in [3.8, 4) is 5.75 Å². The predicted molar refractivity (Wildman–Crippen MR) is 118 cm³/mol. The highest BCUT2D eigenvalue weighted by Gasteiger charge is 2.55. The van der Waals surface area contributed by atoms with Gasteiger partial charge in [0.05, 0.1) is 23.6 Å². The minimum absolute atomic E-state index is 0.0342. The van der Waals surface area contributed by atoms with Crippen LogP contribution in [0.1, 0.15) is 73.6 Å². The van der Waals surface area contributed by atoms with Gasteiger partial charge in [-0.1, -0.05) is 0 Å². The SMILES string of the molecule is CC(C)(C)OC(=O)N1CC2(CC(Oc3ccc4c(c3)C(=O)N(C3CCC(=O)CC3=O)C4=O)C2)C1. The van der Waals surface area contributed by atoms with E-state index in [1.54, 1.807) is 23.1 Å². The van der Waals surface area contributed by atoms with Gasteiger partial charge in [0.1, 0.15) is 23.2 Å². The summed E-state index contributed by atoms with van der Waals surface area (Å²) in [5, 5.41) is 0. The molecule has 0 radical (unpaired) electrons. The first-order valence-electron chi connectivity index (χ1n) is 11.7. The number of hydrogen-bond acceptors (Lipinski definition) is 7. The second-order valence-corrected chi connectivity index (χ2v) is 10.9. The van der Waals surface area contributed by atoms with Crippen molar-refractivity contribution in [3.05, 3.63) is 29.3 Å². The molecule has 1 unspecified atom stereocenters. The third-order valence-electron chi connectivity index (χ3n) is 6.97. The Hall–Kier alpha value is -3.23. The zero-order valence-electron chi connectivity index (χ0n) is 19.6. The highest BCUT2D eigenvalue weighted by molar-refractivity contribution is 6.23. The molecule has 180 valence electrons. The van der Waals surface area contributed by atoms with Crippen molar-refractivity contribution in [2.75, 3.05) is 13.1 Å². The minimum Gasteiger partial charge on any atom is -0.490 e. The molecule has 2 aliphatic heterocycles. The Balaban J connectivity index is 1.18. The van der Waals surface area contributed by atoms with Gasteiger partial charge in [-0.15, -0.1) is 0 Å². The average molecular weight is 469 g/mol. The number of hydrogen-bond donors (Lipinski definition) is 0. The zero-order chi connectivity index (χ0) is 24.4. The Morgan fingerprint density at radius 3 is 2.35 bits per heavy atom. The lowest BCUT2D eigenvalue weighted by molar-refractivity contribution is -0.132. The van der Waals surface area contributed by atoms with Gasteiger partial charge in [-0.05, 0) is 58.2 Å². The van der Waals surface area contributed by atoms with E-state index < -0.39 is 23.5 Å². The van der Waals surface area contributed by atoms with Crippen LogP contribution in [0.2, 0.25) is 0 Å². The molecule has 4 aliphatic rings. The Kier molecular flexibility index (Phi) is 5.07. The summed E-state index contributed by atoms with van der Waals surface area (Å²) in [4.78, 5) is 64.5. The molecule has 1 saturated heterocycles. The number of Topliss-reactive ketones (excluding diaryl/α,β-unsaturated/α-hetero) is 2. The molecule has 34 heavy (non-hydrogen) atoms. The Labute approximate surface area is 197 Å². The molecule has 5 rings (SSSR count). The van der Waals surface area contributed by atoms with Gasteiger partial charge in [-0.3, -0.25) is 24.1 Å². The summed E-state index contributed by atoms with van der Waals surface area (Å²) in [6.07, 6.45) is 1.40. The second kappa shape index (κ2) is 7.65. The quantitative estimate of drug-likeness (QED) is 0.495. The number of ketones is 2. The number of rotatable bonds is 3. The van der Waals surface area contributed by atoms with E-state index in [-0.39, 0.29) is 59.6 Å². The second-order valence-electron chi connectivity index (χ2n) is 10.9. The largest absolute Gasteiger partial charge is 0.490 e. The smallest absolute Gasteiger partial charge is 0.410 e. The normalized spacial score (nSPS) is 24.1. The first-order valence-corrected chi connectivity index (χ1v) is 11.7. The van der Waals surface area contributed by atoms with Crippen LogP contribution in [0.3, 0.4) is 0 Å². The van der Waals surface area contributed by atoms with E-state index >= 15 is 0 Å². The number of benzene rings is 1. The van der Waals surface area contributed by atoms with Crippen molar-refractivity contribution in [2.24, 2.45) is 5.41 Å². The zero-order valence-corrected chi connectivity index (χ0v) is 19.6. The summed E-state index contributed by atoms with van der Waals surface area (Å²) < 4.78 is 11.5. The van der Waals surface area contributed by atoms with Gasteiger partial charge in [-0.2, -0.15) is 0 Å². The van der Waals surface area contributed by atoms with Crippen molar-refractivity contribution in [1.29, 1.82) is 0 Å². The number of nitrogens with zero attached hydrogens (tertiary/aromatic N) is 2. The van der Waals surface area contributed by atoms with Crippen LogP contribution in [0, 0.1) is 5.41 Å². The molecule has 0 aromatic heterocycles. The van der Waals surface area contributed by atoms with Gasteiger partial charge in [0, 0.05) is 24.9 Å². The number of imide groups is 1. The summed E-state index contributed by atoms with van der Waals surface area (Å²) in [7, 11) is 0. The van der Waals surface area contributed by atoms with Crippen molar-refractivity contribution in [3.63, 3.8) is 0 Å². The van der Waals surface area contributed by atoms with E-state index in [0.717, 1.165) is 17.7 Å². The van der Waals surface area contributed by atoms with Gasteiger partial charge in [0.25, 0.3) is 11.8 Å². The molecular formula is C25H28N2O7. The van der Waals surface area contributed by atoms with Gasteiger partial charge >= 0.3 is 6.09 Å². The molecule has 2 saturated carbocycles. The van der Waals surface area contributed by atoms with Crippen LogP contribution >= 0.6 is 0 Å². The molecule has 3 fully saturated rings. The van der Waals surface area contributed by atoms with Crippen LogP contribution < -0.4 is 4.74 Å². The number of fused-ring (bicyclic) bond motifs is 1. The van der Waals surface area contributed by atoms with Crippen LogP contribution in [0.25, 0.3) is 0 Å². The molecule has 1 spiro atoms. The number of ether oxygens (including phenoxy) is 2. The monoisotopic (exact) mass is 468 g/mol. The van der Waals surface area contributed by atoms with Crippen LogP contribution in [0.5, 0.6) is 5.75 Å². The lowest BCUT2D eigenvalue weighted by atomic mass is 9.62. The first kappa shape index (κ1) is 22.6. The lowest BCUT2D eigenvalue weighted by Crippen LogP contribution is -2.66. The molecule has 0 N–H and O–H groups in total. The molecular weight excluding hydrogens is 440 g/mol. The van der Waals surface area contributed by atoms with Crippen LogP contribution in [-0.2, 0) is 14.3 Å².